The normalized spacial score (nSPS) is 14.1. The molecule has 0 aromatic heterocycles. The number of unbranched alkanes of at least 4 members (excludes halogenated alkanes) is 35. The zero-order valence-electron chi connectivity index (χ0n) is 39.5. The number of amides is 1. The number of carbonyl (C=O) groups is 1. The molecule has 6 nitrogen and oxygen atoms in total. The molecule has 0 saturated carbocycles. The zero-order chi connectivity index (χ0) is 43.1. The van der Waals surface area contributed by atoms with Crippen molar-refractivity contribution in [2.45, 2.75) is 301 Å². The molecule has 0 heterocycles. The monoisotopic (exact) mass is 834 g/mol. The predicted molar refractivity (Wildman–Crippen MR) is 256 cm³/mol. The van der Waals surface area contributed by atoms with E-state index in [4.69, 9.17) is 0 Å². The second kappa shape index (κ2) is 47.8. The first-order chi connectivity index (χ1) is 29.0. The summed E-state index contributed by atoms with van der Waals surface area (Å²) in [6, 6.07) is -1.01. The molecule has 0 radical (unpaired) electrons. The van der Waals surface area contributed by atoms with Gasteiger partial charge >= 0.3 is 0 Å². The van der Waals surface area contributed by atoms with Crippen molar-refractivity contribution >= 4 is 5.91 Å². The Kier molecular flexibility index (Phi) is 46.9. The minimum absolute atomic E-state index is 0.364. The van der Waals surface area contributed by atoms with Crippen LogP contribution in [0, 0.1) is 0 Å². The fourth-order valence-corrected chi connectivity index (χ4v) is 8.25. The molecule has 6 heteroatoms. The molecular weight excluding hydrogens is 731 g/mol. The number of allylic oxidation sites excluding steroid dienone is 4. The maximum atomic E-state index is 12.6. The van der Waals surface area contributed by atoms with Crippen LogP contribution in [0.2, 0.25) is 0 Å². The number of nitrogens with one attached hydrogen (secondary N) is 1. The van der Waals surface area contributed by atoms with Crippen molar-refractivity contribution in [3.05, 3.63) is 24.3 Å². The van der Waals surface area contributed by atoms with E-state index in [2.05, 4.69) is 43.5 Å². The lowest BCUT2D eigenvalue weighted by atomic mass is 10.00. The Morgan fingerprint density at radius 1 is 0.407 bits per heavy atom. The quantitative estimate of drug-likeness (QED) is 0.0310. The molecule has 0 fully saturated rings. The van der Waals surface area contributed by atoms with Crippen LogP contribution < -0.4 is 5.32 Å². The molecule has 4 unspecified atom stereocenters. The van der Waals surface area contributed by atoms with Crippen LogP contribution >= 0.6 is 0 Å². The van der Waals surface area contributed by atoms with E-state index in [1.807, 2.05) is 0 Å². The summed E-state index contributed by atoms with van der Waals surface area (Å²) in [7, 11) is 0. The highest BCUT2D eigenvalue weighted by molar-refractivity contribution is 5.80. The highest BCUT2D eigenvalue weighted by Gasteiger charge is 2.28. The maximum Gasteiger partial charge on any atom is 0.249 e. The summed E-state index contributed by atoms with van der Waals surface area (Å²) in [6.07, 6.45) is 56.6. The Bertz CT molecular complexity index is 893. The summed E-state index contributed by atoms with van der Waals surface area (Å²) >= 11 is 0. The van der Waals surface area contributed by atoms with Crippen LogP contribution in [0.3, 0.4) is 0 Å². The molecule has 1 amide bonds. The van der Waals surface area contributed by atoms with Crippen LogP contribution in [0.5, 0.6) is 0 Å². The van der Waals surface area contributed by atoms with Crippen LogP contribution in [0.15, 0.2) is 24.3 Å². The van der Waals surface area contributed by atoms with Crippen molar-refractivity contribution < 1.29 is 25.2 Å². The van der Waals surface area contributed by atoms with Crippen LogP contribution in [0.4, 0.5) is 0 Å². The van der Waals surface area contributed by atoms with E-state index in [0.717, 1.165) is 38.5 Å². The van der Waals surface area contributed by atoms with Gasteiger partial charge in [-0.3, -0.25) is 4.79 Å². The minimum Gasteiger partial charge on any atom is -0.394 e. The van der Waals surface area contributed by atoms with Crippen LogP contribution in [-0.4, -0.2) is 57.3 Å². The van der Waals surface area contributed by atoms with Crippen molar-refractivity contribution in [1.29, 1.82) is 0 Å². The Morgan fingerprint density at radius 3 is 1.07 bits per heavy atom. The van der Waals surface area contributed by atoms with Crippen molar-refractivity contribution in [2.75, 3.05) is 6.61 Å². The number of rotatable bonds is 48. The summed E-state index contributed by atoms with van der Waals surface area (Å²) in [5.74, 6) is -0.593. The molecule has 5 N–H and O–H groups in total. The number of hydrogen-bond acceptors (Lipinski definition) is 5. The molecule has 4 atom stereocenters. The molecule has 350 valence electrons. The van der Waals surface area contributed by atoms with E-state index in [0.29, 0.717) is 19.3 Å². The molecule has 0 aromatic carbocycles. The van der Waals surface area contributed by atoms with E-state index in [1.165, 1.54) is 205 Å². The zero-order valence-corrected chi connectivity index (χ0v) is 39.5. The highest BCUT2D eigenvalue weighted by atomic mass is 16.3. The van der Waals surface area contributed by atoms with Gasteiger partial charge in [0.15, 0.2) is 0 Å². The highest BCUT2D eigenvalue weighted by Crippen LogP contribution is 2.17. The average molecular weight is 834 g/mol. The van der Waals surface area contributed by atoms with Crippen molar-refractivity contribution in [3.63, 3.8) is 0 Å². The van der Waals surface area contributed by atoms with E-state index in [9.17, 15) is 25.2 Å². The van der Waals surface area contributed by atoms with Gasteiger partial charge in [0.25, 0.3) is 0 Å². The van der Waals surface area contributed by atoms with Gasteiger partial charge in [0.1, 0.15) is 12.2 Å². The summed E-state index contributed by atoms with van der Waals surface area (Å²) in [5, 5.41) is 43.9. The maximum absolute atomic E-state index is 12.6. The Morgan fingerprint density at radius 2 is 0.712 bits per heavy atom. The Balaban J connectivity index is 3.70. The first-order valence-electron chi connectivity index (χ1n) is 26.2. The molecule has 0 spiro atoms. The van der Waals surface area contributed by atoms with Crippen molar-refractivity contribution in [1.82, 2.24) is 5.32 Å². The van der Waals surface area contributed by atoms with Gasteiger partial charge in [-0.05, 0) is 51.4 Å². The van der Waals surface area contributed by atoms with Crippen LogP contribution in [0.1, 0.15) is 277 Å². The van der Waals surface area contributed by atoms with Crippen molar-refractivity contribution in [2.24, 2.45) is 0 Å². The van der Waals surface area contributed by atoms with Gasteiger partial charge in [0, 0.05) is 0 Å². The molecule has 0 rings (SSSR count). The van der Waals surface area contributed by atoms with Gasteiger partial charge in [-0.1, -0.05) is 250 Å². The molecule has 0 aliphatic carbocycles. The smallest absolute Gasteiger partial charge is 0.249 e. The largest absolute Gasteiger partial charge is 0.394 e. The van der Waals surface area contributed by atoms with E-state index in [-0.39, 0.29) is 0 Å². The lowest BCUT2D eigenvalue weighted by molar-refractivity contribution is -0.132. The molecular formula is C53H103NO5. The summed E-state index contributed by atoms with van der Waals surface area (Å²) < 4.78 is 0. The first-order valence-corrected chi connectivity index (χ1v) is 26.2. The molecule has 0 aliphatic heterocycles. The first kappa shape index (κ1) is 57.8. The topological polar surface area (TPSA) is 110 Å². The fraction of sp³-hybridized carbons (Fsp3) is 0.906. The number of carbonyl (C=O) groups excluding carboxylic acids is 1. The van der Waals surface area contributed by atoms with Gasteiger partial charge in [0.2, 0.25) is 5.91 Å². The van der Waals surface area contributed by atoms with Crippen LogP contribution in [-0.2, 0) is 4.79 Å². The molecule has 59 heavy (non-hydrogen) atoms. The summed E-state index contributed by atoms with van der Waals surface area (Å²) in [5.41, 5.74) is 0. The van der Waals surface area contributed by atoms with E-state index < -0.39 is 36.9 Å². The average Bonchev–Trinajstić information content (AvgIpc) is 3.24. The standard InChI is InChI=1S/C53H103NO5/c1-3-5-7-9-11-13-15-17-19-21-23-25-27-29-31-33-35-37-39-41-43-45-47-51(57)53(59)54-49(48-55)52(58)50(56)46-44-42-40-38-36-34-32-30-28-26-24-22-20-18-16-14-12-10-8-6-4-2/h30,32,38,40,49-52,55-58H,3-29,31,33-37,39,41-48H2,1-2H3,(H,54,59)/b32-30+,40-38+. The minimum atomic E-state index is -1.29. The van der Waals surface area contributed by atoms with Crippen LogP contribution in [0.25, 0.3) is 0 Å². The third kappa shape index (κ3) is 41.9. The Hall–Kier alpha value is -1.21. The third-order valence-corrected chi connectivity index (χ3v) is 12.4. The number of aliphatic hydroxyl groups excluding tert-OH is 4. The van der Waals surface area contributed by atoms with Gasteiger partial charge in [-0.15, -0.1) is 0 Å². The lowest BCUT2D eigenvalue weighted by Crippen LogP contribution is -2.53. The summed E-state index contributed by atoms with van der Waals surface area (Å²) in [4.78, 5) is 12.6. The van der Waals surface area contributed by atoms with E-state index >= 15 is 0 Å². The van der Waals surface area contributed by atoms with Gasteiger partial charge in [0.05, 0.1) is 18.8 Å². The number of hydrogen-bond donors (Lipinski definition) is 5. The van der Waals surface area contributed by atoms with E-state index in [1.54, 1.807) is 0 Å². The SMILES string of the molecule is CCCCCCCCCCCCCC/C=C/CC/C=C/CCCC(O)C(O)C(CO)NC(=O)C(O)CCCCCCCCCCCCCCCCCCCCCCCC. The van der Waals surface area contributed by atoms with Gasteiger partial charge in [-0.2, -0.15) is 0 Å². The van der Waals surface area contributed by atoms with Crippen molar-refractivity contribution in [3.8, 4) is 0 Å². The molecule has 0 bridgehead atoms. The predicted octanol–water partition coefficient (Wildman–Crippen LogP) is 14.7. The summed E-state index contributed by atoms with van der Waals surface area (Å²) in [6.45, 7) is 4.07. The second-order valence-corrected chi connectivity index (χ2v) is 18.2. The Labute approximate surface area is 367 Å². The molecule has 0 aromatic rings. The van der Waals surface area contributed by atoms with Gasteiger partial charge < -0.3 is 25.7 Å². The fourth-order valence-electron chi connectivity index (χ4n) is 8.25. The molecule has 0 saturated heterocycles. The number of aliphatic hydroxyl groups is 4. The third-order valence-electron chi connectivity index (χ3n) is 12.4. The van der Waals surface area contributed by atoms with Gasteiger partial charge in [-0.25, -0.2) is 0 Å². The second-order valence-electron chi connectivity index (χ2n) is 18.2. The molecule has 0 aliphatic rings. The lowest BCUT2D eigenvalue weighted by Gasteiger charge is -2.27.